The highest BCUT2D eigenvalue weighted by atomic mass is 16.5. The molecule has 7 heteroatoms. The van der Waals surface area contributed by atoms with E-state index < -0.39 is 6.10 Å². The van der Waals surface area contributed by atoms with Crippen molar-refractivity contribution in [2.24, 2.45) is 0 Å². The van der Waals surface area contributed by atoms with Gasteiger partial charge in [-0.2, -0.15) is 0 Å². The summed E-state index contributed by atoms with van der Waals surface area (Å²) in [6, 6.07) is 0. The van der Waals surface area contributed by atoms with E-state index in [-0.39, 0.29) is 5.91 Å². The smallest absolute Gasteiger partial charge is 0.253 e. The molecule has 2 fully saturated rings. The average molecular weight is 278 g/mol. The first kappa shape index (κ1) is 13.3. The molecule has 1 unspecified atom stereocenters. The lowest BCUT2D eigenvalue weighted by molar-refractivity contribution is -0.148. The van der Waals surface area contributed by atoms with Crippen molar-refractivity contribution in [3.05, 3.63) is 18.6 Å². The van der Waals surface area contributed by atoms with Gasteiger partial charge in [-0.15, -0.1) is 0 Å². The molecule has 0 bridgehead atoms. The Hall–Kier alpha value is -1.73. The van der Waals surface area contributed by atoms with E-state index in [9.17, 15) is 4.79 Å². The van der Waals surface area contributed by atoms with Crippen LogP contribution in [0.4, 0.5) is 5.82 Å². The normalized spacial score (nSPS) is 23.7. The molecule has 7 nitrogen and oxygen atoms in total. The van der Waals surface area contributed by atoms with Crippen LogP contribution in [0.3, 0.4) is 0 Å². The SMILES string of the molecule is O=C(C1CN(c2cnccn2)CCO1)N1CCOCC1. The van der Waals surface area contributed by atoms with Crippen molar-refractivity contribution >= 4 is 11.7 Å². The van der Waals surface area contributed by atoms with Crippen LogP contribution in [0.25, 0.3) is 0 Å². The predicted octanol–water partition coefficient (Wildman–Crippen LogP) is -0.459. The fourth-order valence-electron chi connectivity index (χ4n) is 2.45. The van der Waals surface area contributed by atoms with Gasteiger partial charge < -0.3 is 19.3 Å². The number of nitrogens with zero attached hydrogens (tertiary/aromatic N) is 4. The Labute approximate surface area is 117 Å². The number of carbonyl (C=O) groups is 1. The van der Waals surface area contributed by atoms with Crippen molar-refractivity contribution in [1.82, 2.24) is 14.9 Å². The minimum atomic E-state index is -0.427. The zero-order valence-electron chi connectivity index (χ0n) is 11.3. The summed E-state index contributed by atoms with van der Waals surface area (Å²) in [6.45, 7) is 4.27. The Morgan fingerprint density at radius 2 is 2.05 bits per heavy atom. The first-order valence-corrected chi connectivity index (χ1v) is 6.84. The second kappa shape index (κ2) is 6.15. The first-order chi connectivity index (χ1) is 9.84. The minimum absolute atomic E-state index is 0.0434. The van der Waals surface area contributed by atoms with Crippen molar-refractivity contribution in [1.29, 1.82) is 0 Å². The summed E-state index contributed by atoms with van der Waals surface area (Å²) in [5.41, 5.74) is 0. The number of hydrogen-bond acceptors (Lipinski definition) is 6. The average Bonchev–Trinajstić information content (AvgIpc) is 2.56. The molecule has 1 aromatic rings. The molecule has 3 heterocycles. The van der Waals surface area contributed by atoms with E-state index in [2.05, 4.69) is 9.97 Å². The first-order valence-electron chi connectivity index (χ1n) is 6.84. The zero-order chi connectivity index (χ0) is 13.8. The molecule has 2 aliphatic rings. The Morgan fingerprint density at radius 1 is 1.20 bits per heavy atom. The Morgan fingerprint density at radius 3 is 2.80 bits per heavy atom. The van der Waals surface area contributed by atoms with Crippen LogP contribution in [0.15, 0.2) is 18.6 Å². The van der Waals surface area contributed by atoms with Crippen LogP contribution in [-0.4, -0.2) is 72.9 Å². The topological polar surface area (TPSA) is 67.8 Å². The molecule has 0 N–H and O–H groups in total. The van der Waals surface area contributed by atoms with Crippen molar-refractivity contribution in [3.63, 3.8) is 0 Å². The zero-order valence-corrected chi connectivity index (χ0v) is 11.3. The molecule has 2 aliphatic heterocycles. The molecule has 3 rings (SSSR count). The molecule has 0 saturated carbocycles. The lowest BCUT2D eigenvalue weighted by Crippen LogP contribution is -2.53. The van der Waals surface area contributed by atoms with Crippen LogP contribution in [0.1, 0.15) is 0 Å². The molecular weight excluding hydrogens is 260 g/mol. The second-order valence-corrected chi connectivity index (χ2v) is 4.81. The molecular formula is C13H18N4O3. The molecule has 1 atom stereocenters. The number of rotatable bonds is 2. The standard InChI is InChI=1S/C13H18N4O3/c18-13(16-3-6-19-7-4-16)11-10-17(5-8-20-11)12-9-14-1-2-15-12/h1-2,9,11H,3-8,10H2. The number of carbonyl (C=O) groups excluding carboxylic acids is 1. The highest BCUT2D eigenvalue weighted by molar-refractivity contribution is 5.82. The van der Waals surface area contributed by atoms with Crippen LogP contribution in [0.5, 0.6) is 0 Å². The third-order valence-corrected chi connectivity index (χ3v) is 3.54. The summed E-state index contributed by atoms with van der Waals surface area (Å²) >= 11 is 0. The molecule has 0 spiro atoms. The molecule has 0 radical (unpaired) electrons. The summed E-state index contributed by atoms with van der Waals surface area (Å²) < 4.78 is 10.9. The summed E-state index contributed by atoms with van der Waals surface area (Å²) in [5, 5.41) is 0. The lowest BCUT2D eigenvalue weighted by Gasteiger charge is -2.36. The van der Waals surface area contributed by atoms with E-state index in [0.717, 1.165) is 12.4 Å². The fraction of sp³-hybridized carbons (Fsp3) is 0.615. The van der Waals surface area contributed by atoms with Crippen LogP contribution >= 0.6 is 0 Å². The number of anilines is 1. The summed E-state index contributed by atoms with van der Waals surface area (Å²) in [7, 11) is 0. The van der Waals surface area contributed by atoms with E-state index in [1.54, 1.807) is 18.6 Å². The van der Waals surface area contributed by atoms with Crippen molar-refractivity contribution in [3.8, 4) is 0 Å². The van der Waals surface area contributed by atoms with Gasteiger partial charge in [-0.05, 0) is 0 Å². The summed E-state index contributed by atoms with van der Waals surface area (Å²) in [4.78, 5) is 24.6. The number of morpholine rings is 2. The van der Waals surface area contributed by atoms with Crippen LogP contribution < -0.4 is 4.90 Å². The second-order valence-electron chi connectivity index (χ2n) is 4.81. The highest BCUT2D eigenvalue weighted by Crippen LogP contribution is 2.15. The van der Waals surface area contributed by atoms with Gasteiger partial charge in [-0.25, -0.2) is 4.98 Å². The third-order valence-electron chi connectivity index (χ3n) is 3.54. The van der Waals surface area contributed by atoms with Crippen LogP contribution in [-0.2, 0) is 14.3 Å². The summed E-state index contributed by atoms with van der Waals surface area (Å²) in [6.07, 6.45) is 4.58. The number of amides is 1. The molecule has 1 aromatic heterocycles. The minimum Gasteiger partial charge on any atom is -0.378 e. The van der Waals surface area contributed by atoms with Gasteiger partial charge in [0.05, 0.1) is 32.6 Å². The molecule has 108 valence electrons. The van der Waals surface area contributed by atoms with Crippen molar-refractivity contribution in [2.45, 2.75) is 6.10 Å². The van der Waals surface area contributed by atoms with Crippen LogP contribution in [0, 0.1) is 0 Å². The molecule has 0 aromatic carbocycles. The van der Waals surface area contributed by atoms with Gasteiger partial charge in [0.15, 0.2) is 6.10 Å². The molecule has 1 amide bonds. The van der Waals surface area contributed by atoms with Gasteiger partial charge in [-0.3, -0.25) is 9.78 Å². The molecule has 20 heavy (non-hydrogen) atoms. The lowest BCUT2D eigenvalue weighted by atomic mass is 10.2. The number of hydrogen-bond donors (Lipinski definition) is 0. The summed E-state index contributed by atoms with van der Waals surface area (Å²) in [5.74, 6) is 0.831. The van der Waals surface area contributed by atoms with E-state index in [0.29, 0.717) is 39.5 Å². The van der Waals surface area contributed by atoms with Gasteiger partial charge in [0.25, 0.3) is 5.91 Å². The van der Waals surface area contributed by atoms with Crippen molar-refractivity contribution in [2.75, 3.05) is 50.9 Å². The Bertz CT molecular complexity index is 450. The maximum absolute atomic E-state index is 12.4. The fourth-order valence-corrected chi connectivity index (χ4v) is 2.45. The largest absolute Gasteiger partial charge is 0.378 e. The maximum Gasteiger partial charge on any atom is 0.253 e. The molecule has 0 aliphatic carbocycles. The molecule has 2 saturated heterocycles. The quantitative estimate of drug-likeness (QED) is 0.729. The maximum atomic E-state index is 12.4. The van der Waals surface area contributed by atoms with E-state index >= 15 is 0 Å². The van der Waals surface area contributed by atoms with E-state index in [1.807, 2.05) is 9.80 Å². The van der Waals surface area contributed by atoms with Gasteiger partial charge in [-0.1, -0.05) is 0 Å². The number of ether oxygens (including phenoxy) is 2. The highest BCUT2D eigenvalue weighted by Gasteiger charge is 2.31. The predicted molar refractivity (Wildman–Crippen MR) is 71.4 cm³/mol. The van der Waals surface area contributed by atoms with E-state index in [4.69, 9.17) is 9.47 Å². The monoisotopic (exact) mass is 278 g/mol. The van der Waals surface area contributed by atoms with E-state index in [1.165, 1.54) is 0 Å². The third kappa shape index (κ3) is 2.88. The van der Waals surface area contributed by atoms with Crippen molar-refractivity contribution < 1.29 is 14.3 Å². The van der Waals surface area contributed by atoms with Gasteiger partial charge >= 0.3 is 0 Å². The van der Waals surface area contributed by atoms with Gasteiger partial charge in [0.2, 0.25) is 0 Å². The van der Waals surface area contributed by atoms with Gasteiger partial charge in [0, 0.05) is 32.0 Å². The number of aromatic nitrogens is 2. The Balaban J connectivity index is 1.64. The van der Waals surface area contributed by atoms with Gasteiger partial charge in [0.1, 0.15) is 5.82 Å². The van der Waals surface area contributed by atoms with Crippen LogP contribution in [0.2, 0.25) is 0 Å². The Kier molecular flexibility index (Phi) is 4.08.